The minimum absolute atomic E-state index is 0.237. The molecule has 1 heterocycles. The molecule has 1 aliphatic heterocycles. The van der Waals surface area contributed by atoms with Gasteiger partial charge in [0.1, 0.15) is 23.9 Å². The number of nitrogens with zero attached hydrogens (tertiary/aromatic N) is 1. The highest BCUT2D eigenvalue weighted by Gasteiger charge is 2.23. The van der Waals surface area contributed by atoms with Gasteiger partial charge in [-0.05, 0) is 37.0 Å². The molecule has 0 aliphatic carbocycles. The Hall–Kier alpha value is -2.24. The van der Waals surface area contributed by atoms with Crippen LogP contribution in [0.4, 0.5) is 0 Å². The molecule has 0 spiro atoms. The highest BCUT2D eigenvalue weighted by molar-refractivity contribution is 5.82. The maximum absolute atomic E-state index is 10.6. The molecule has 0 unspecified atom stereocenters. The summed E-state index contributed by atoms with van der Waals surface area (Å²) in [4.78, 5) is 2.41. The van der Waals surface area contributed by atoms with E-state index in [1.807, 2.05) is 31.2 Å². The van der Waals surface area contributed by atoms with Crippen molar-refractivity contribution in [1.82, 2.24) is 10.2 Å². The van der Waals surface area contributed by atoms with E-state index in [2.05, 4.69) is 37.1 Å². The Morgan fingerprint density at radius 1 is 1.10 bits per heavy atom. The summed E-state index contributed by atoms with van der Waals surface area (Å²) < 4.78 is 12.4. The van der Waals surface area contributed by atoms with Gasteiger partial charge in [0, 0.05) is 49.4 Å². The number of phenolic OH excluding ortho intramolecular Hbond substituents is 1. The summed E-state index contributed by atoms with van der Waals surface area (Å²) in [6, 6.07) is 10.0. The Labute approximate surface area is 181 Å². The van der Waals surface area contributed by atoms with Gasteiger partial charge >= 0.3 is 0 Å². The number of aromatic hydroxyl groups is 1. The lowest BCUT2D eigenvalue weighted by atomic mass is 9.89. The quantitative estimate of drug-likeness (QED) is 0.632. The molecule has 5 nitrogen and oxygen atoms in total. The molecule has 5 heteroatoms. The van der Waals surface area contributed by atoms with E-state index in [0.717, 1.165) is 72.9 Å². The van der Waals surface area contributed by atoms with E-state index in [1.54, 1.807) is 0 Å². The summed E-state index contributed by atoms with van der Waals surface area (Å²) in [7, 11) is 0. The fourth-order valence-corrected chi connectivity index (χ4v) is 3.90. The Kier molecular flexibility index (Phi) is 8.00. The number of para-hydroxylation sites is 1. The molecule has 1 saturated heterocycles. The monoisotopic (exact) mass is 412 g/mol. The van der Waals surface area contributed by atoms with E-state index in [4.69, 9.17) is 9.47 Å². The predicted octanol–water partition coefficient (Wildman–Crippen LogP) is 4.56. The van der Waals surface area contributed by atoms with Crippen molar-refractivity contribution in [2.24, 2.45) is 0 Å². The van der Waals surface area contributed by atoms with E-state index in [9.17, 15) is 5.11 Å². The number of piperazine rings is 1. The Morgan fingerprint density at radius 2 is 1.83 bits per heavy atom. The topological polar surface area (TPSA) is 54.0 Å². The van der Waals surface area contributed by atoms with Crippen LogP contribution in [0, 0.1) is 6.92 Å². The lowest BCUT2D eigenvalue weighted by Crippen LogP contribution is -2.44. The lowest BCUT2D eigenvalue weighted by Gasteiger charge is -2.28. The molecule has 2 aromatic rings. The first-order chi connectivity index (χ1) is 14.5. The molecule has 1 fully saturated rings. The highest BCUT2D eigenvalue weighted by atomic mass is 16.5. The first kappa shape index (κ1) is 22.4. The largest absolute Gasteiger partial charge is 0.508 e. The number of ether oxygens (including phenoxy) is 2. The fourth-order valence-electron chi connectivity index (χ4n) is 3.90. The van der Waals surface area contributed by atoms with Gasteiger partial charge in [0.15, 0.2) is 0 Å². The summed E-state index contributed by atoms with van der Waals surface area (Å²) in [5.74, 6) is 2.15. The zero-order valence-corrected chi connectivity index (χ0v) is 18.8. The number of hydrogen-bond donors (Lipinski definition) is 2. The lowest BCUT2D eigenvalue weighted by molar-refractivity contribution is 0.191. The van der Waals surface area contributed by atoms with E-state index in [0.29, 0.717) is 13.2 Å². The van der Waals surface area contributed by atoms with Crippen molar-refractivity contribution in [3.63, 3.8) is 0 Å². The first-order valence-electron chi connectivity index (χ1n) is 11.2. The number of hydrogen-bond acceptors (Lipinski definition) is 5. The zero-order valence-electron chi connectivity index (χ0n) is 18.8. The standard InChI is InChI=1S/C25H36N2O3/c1-5-15-29-23-9-7-6-8-20(23)24-21(18(2)3)17-22(28)19(4)25(24)30-16-14-27-12-10-26-11-13-27/h6-9,17-18,26,28H,5,10-16H2,1-4H3. The van der Waals surface area contributed by atoms with Crippen molar-refractivity contribution in [1.29, 1.82) is 0 Å². The molecule has 0 amide bonds. The molecule has 3 rings (SSSR count). The smallest absolute Gasteiger partial charge is 0.134 e. The minimum atomic E-state index is 0.237. The summed E-state index contributed by atoms with van der Waals surface area (Å²) in [5.41, 5.74) is 3.91. The molecule has 164 valence electrons. The van der Waals surface area contributed by atoms with Crippen LogP contribution >= 0.6 is 0 Å². The van der Waals surface area contributed by atoms with Crippen molar-refractivity contribution in [3.8, 4) is 28.4 Å². The third-order valence-corrected chi connectivity index (χ3v) is 5.64. The number of phenols is 1. The van der Waals surface area contributed by atoms with Gasteiger partial charge in [-0.2, -0.15) is 0 Å². The highest BCUT2D eigenvalue weighted by Crippen LogP contribution is 2.46. The second kappa shape index (κ2) is 10.7. The van der Waals surface area contributed by atoms with Crippen molar-refractivity contribution < 1.29 is 14.6 Å². The molecule has 2 aromatic carbocycles. The Morgan fingerprint density at radius 3 is 2.53 bits per heavy atom. The van der Waals surface area contributed by atoms with Crippen LogP contribution in [0.1, 0.15) is 44.2 Å². The van der Waals surface area contributed by atoms with Crippen molar-refractivity contribution >= 4 is 0 Å². The molecular weight excluding hydrogens is 376 g/mol. The molecule has 0 radical (unpaired) electrons. The van der Waals surface area contributed by atoms with E-state index in [1.165, 1.54) is 0 Å². The third-order valence-electron chi connectivity index (χ3n) is 5.64. The Bertz CT molecular complexity index is 829. The molecule has 30 heavy (non-hydrogen) atoms. The van der Waals surface area contributed by atoms with Crippen molar-refractivity contribution in [3.05, 3.63) is 41.5 Å². The number of rotatable bonds is 9. The van der Waals surface area contributed by atoms with Crippen LogP contribution in [-0.4, -0.2) is 55.9 Å². The van der Waals surface area contributed by atoms with E-state index in [-0.39, 0.29) is 11.7 Å². The van der Waals surface area contributed by atoms with Gasteiger partial charge in [-0.1, -0.05) is 39.0 Å². The molecular formula is C25H36N2O3. The Balaban J connectivity index is 1.99. The average Bonchev–Trinajstić information content (AvgIpc) is 2.76. The van der Waals surface area contributed by atoms with Gasteiger partial charge in [-0.25, -0.2) is 0 Å². The van der Waals surface area contributed by atoms with Gasteiger partial charge < -0.3 is 19.9 Å². The number of benzene rings is 2. The van der Waals surface area contributed by atoms with Gasteiger partial charge in [-0.15, -0.1) is 0 Å². The van der Waals surface area contributed by atoms with Gasteiger partial charge in [-0.3, -0.25) is 4.90 Å². The van der Waals surface area contributed by atoms with Crippen LogP contribution in [0.25, 0.3) is 11.1 Å². The maximum Gasteiger partial charge on any atom is 0.134 e. The summed E-state index contributed by atoms with van der Waals surface area (Å²) in [6.07, 6.45) is 0.952. The average molecular weight is 413 g/mol. The van der Waals surface area contributed by atoms with E-state index < -0.39 is 0 Å². The van der Waals surface area contributed by atoms with E-state index >= 15 is 0 Å². The fraction of sp³-hybridized carbons (Fsp3) is 0.520. The van der Waals surface area contributed by atoms with Crippen LogP contribution in [0.5, 0.6) is 17.2 Å². The summed E-state index contributed by atoms with van der Waals surface area (Å²) in [6.45, 7) is 14.6. The van der Waals surface area contributed by atoms with Crippen LogP contribution in [0.15, 0.2) is 30.3 Å². The molecule has 0 saturated carbocycles. The molecule has 0 aromatic heterocycles. The first-order valence-corrected chi connectivity index (χ1v) is 11.2. The molecule has 1 aliphatic rings. The SMILES string of the molecule is CCCOc1ccccc1-c1c(C(C)C)cc(O)c(C)c1OCCN1CCNCC1. The third kappa shape index (κ3) is 5.27. The van der Waals surface area contributed by atoms with Crippen molar-refractivity contribution in [2.75, 3.05) is 45.9 Å². The van der Waals surface area contributed by atoms with Crippen LogP contribution in [-0.2, 0) is 0 Å². The summed E-state index contributed by atoms with van der Waals surface area (Å²) >= 11 is 0. The predicted molar refractivity (Wildman–Crippen MR) is 123 cm³/mol. The van der Waals surface area contributed by atoms with Gasteiger partial charge in [0.25, 0.3) is 0 Å². The second-order valence-electron chi connectivity index (χ2n) is 8.25. The van der Waals surface area contributed by atoms with Crippen LogP contribution < -0.4 is 14.8 Å². The van der Waals surface area contributed by atoms with Gasteiger partial charge in [0.05, 0.1) is 6.61 Å². The number of nitrogens with one attached hydrogen (secondary N) is 1. The molecule has 2 N–H and O–H groups in total. The maximum atomic E-state index is 10.6. The normalized spacial score (nSPS) is 14.8. The minimum Gasteiger partial charge on any atom is -0.508 e. The van der Waals surface area contributed by atoms with Gasteiger partial charge in [0.2, 0.25) is 0 Å². The molecule has 0 bridgehead atoms. The second-order valence-corrected chi connectivity index (χ2v) is 8.25. The van der Waals surface area contributed by atoms with Crippen molar-refractivity contribution in [2.45, 2.75) is 40.0 Å². The van der Waals surface area contributed by atoms with Crippen LogP contribution in [0.2, 0.25) is 0 Å². The zero-order chi connectivity index (χ0) is 21.5. The van der Waals surface area contributed by atoms with Crippen LogP contribution in [0.3, 0.4) is 0 Å². The summed E-state index contributed by atoms with van der Waals surface area (Å²) in [5, 5.41) is 14.0. The molecule has 0 atom stereocenters.